The van der Waals surface area contributed by atoms with Crippen molar-refractivity contribution in [3.8, 4) is 5.75 Å². The van der Waals surface area contributed by atoms with Gasteiger partial charge in [0.15, 0.2) is 0 Å². The smallest absolute Gasteiger partial charge is 0.314 e. The topological polar surface area (TPSA) is 63.7 Å². The molecule has 4 rings (SSSR count). The number of benzene rings is 3. The average Bonchev–Trinajstić information content (AvgIpc) is 2.76. The fourth-order valence-corrected chi connectivity index (χ4v) is 5.46. The number of rotatable bonds is 4. The zero-order chi connectivity index (χ0) is 21.3. The molecule has 1 aliphatic rings. The number of esters is 1. The second kappa shape index (κ2) is 8.20. The van der Waals surface area contributed by atoms with Crippen LogP contribution in [0.5, 0.6) is 5.75 Å². The first-order valence-corrected chi connectivity index (χ1v) is 11.6. The highest BCUT2D eigenvalue weighted by Crippen LogP contribution is 2.29. The fraction of sp³-hybridized carbons (Fsp3) is 0.292. The summed E-state index contributed by atoms with van der Waals surface area (Å²) in [4.78, 5) is 12.9. The number of carbonyl (C=O) groups is 1. The van der Waals surface area contributed by atoms with Gasteiger partial charge in [0.05, 0.1) is 10.8 Å². The lowest BCUT2D eigenvalue weighted by molar-refractivity contribution is -0.140. The van der Waals surface area contributed by atoms with E-state index in [1.165, 1.54) is 4.31 Å². The molecule has 30 heavy (non-hydrogen) atoms. The first-order valence-electron chi connectivity index (χ1n) is 10.1. The Morgan fingerprint density at radius 3 is 2.20 bits per heavy atom. The number of piperidine rings is 1. The van der Waals surface area contributed by atoms with E-state index in [1.807, 2.05) is 62.4 Å². The number of hydrogen-bond acceptors (Lipinski definition) is 4. The maximum atomic E-state index is 13.1. The van der Waals surface area contributed by atoms with Gasteiger partial charge in [0, 0.05) is 13.1 Å². The summed E-state index contributed by atoms with van der Waals surface area (Å²) in [5, 5.41) is 1.90. The SMILES string of the molecule is Cc1cccc(C)c1OC(=O)C1CCN(S(=O)(=O)c2ccc3ccccc3c2)CC1. The summed E-state index contributed by atoms with van der Waals surface area (Å²) >= 11 is 0. The Morgan fingerprint density at radius 2 is 1.53 bits per heavy atom. The molecule has 0 amide bonds. The van der Waals surface area contributed by atoms with Crippen molar-refractivity contribution in [2.24, 2.45) is 5.92 Å². The molecule has 0 bridgehead atoms. The Morgan fingerprint density at radius 1 is 0.900 bits per heavy atom. The molecule has 0 unspecified atom stereocenters. The number of sulfonamides is 1. The Labute approximate surface area is 177 Å². The molecule has 0 atom stereocenters. The van der Waals surface area contributed by atoms with Gasteiger partial charge >= 0.3 is 5.97 Å². The molecule has 1 heterocycles. The second-order valence-electron chi connectivity index (χ2n) is 7.83. The van der Waals surface area contributed by atoms with Crippen LogP contribution >= 0.6 is 0 Å². The number of carbonyl (C=O) groups excluding carboxylic acids is 1. The van der Waals surface area contributed by atoms with Gasteiger partial charge in [-0.05, 0) is 60.7 Å². The van der Waals surface area contributed by atoms with Crippen LogP contribution in [0.2, 0.25) is 0 Å². The number of fused-ring (bicyclic) bond motifs is 1. The van der Waals surface area contributed by atoms with Crippen LogP contribution in [0, 0.1) is 19.8 Å². The van der Waals surface area contributed by atoms with E-state index < -0.39 is 10.0 Å². The van der Waals surface area contributed by atoms with Gasteiger partial charge in [0.1, 0.15) is 5.75 Å². The molecule has 1 saturated heterocycles. The van der Waals surface area contributed by atoms with Crippen LogP contribution in [-0.4, -0.2) is 31.8 Å². The lowest BCUT2D eigenvalue weighted by Crippen LogP contribution is -2.41. The highest BCUT2D eigenvalue weighted by molar-refractivity contribution is 7.89. The number of aryl methyl sites for hydroxylation is 2. The molecule has 3 aromatic carbocycles. The van der Waals surface area contributed by atoms with Gasteiger partial charge in [-0.3, -0.25) is 4.79 Å². The molecule has 0 spiro atoms. The average molecular weight is 424 g/mol. The predicted molar refractivity (Wildman–Crippen MR) is 117 cm³/mol. The molecule has 1 fully saturated rings. The third kappa shape index (κ3) is 3.98. The standard InChI is InChI=1S/C24H25NO4S/c1-17-6-5-7-18(2)23(17)29-24(26)20-12-14-25(15-13-20)30(27,28)22-11-10-19-8-3-4-9-21(19)16-22/h3-11,16,20H,12-15H2,1-2H3. The van der Waals surface area contributed by atoms with Crippen molar-refractivity contribution in [2.45, 2.75) is 31.6 Å². The summed E-state index contributed by atoms with van der Waals surface area (Å²) in [6.07, 6.45) is 0.910. The zero-order valence-corrected chi connectivity index (χ0v) is 18.0. The zero-order valence-electron chi connectivity index (χ0n) is 17.2. The molecule has 0 N–H and O–H groups in total. The molecular formula is C24H25NO4S. The summed E-state index contributed by atoms with van der Waals surface area (Å²) in [6.45, 7) is 4.44. The predicted octanol–water partition coefficient (Wildman–Crippen LogP) is 4.46. The van der Waals surface area contributed by atoms with E-state index in [0.29, 0.717) is 31.7 Å². The normalized spacial score (nSPS) is 15.9. The van der Waals surface area contributed by atoms with Crippen LogP contribution in [0.4, 0.5) is 0 Å². The lowest BCUT2D eigenvalue weighted by atomic mass is 9.98. The molecule has 0 aromatic heterocycles. The van der Waals surface area contributed by atoms with Crippen LogP contribution in [-0.2, 0) is 14.8 Å². The molecular weight excluding hydrogens is 398 g/mol. The summed E-state index contributed by atoms with van der Waals surface area (Å²) in [7, 11) is -3.59. The van der Waals surface area contributed by atoms with E-state index >= 15 is 0 Å². The first kappa shape index (κ1) is 20.6. The van der Waals surface area contributed by atoms with Gasteiger partial charge < -0.3 is 4.74 Å². The minimum atomic E-state index is -3.59. The Kier molecular flexibility index (Phi) is 5.62. The molecule has 5 nitrogen and oxygen atoms in total. The number of hydrogen-bond donors (Lipinski definition) is 0. The van der Waals surface area contributed by atoms with Crippen LogP contribution in [0.3, 0.4) is 0 Å². The summed E-state index contributed by atoms with van der Waals surface area (Å²) in [6, 6.07) is 18.6. The van der Waals surface area contributed by atoms with Crippen molar-refractivity contribution in [1.29, 1.82) is 0 Å². The van der Waals surface area contributed by atoms with Gasteiger partial charge in [0.25, 0.3) is 0 Å². The van der Waals surface area contributed by atoms with Crippen LogP contribution < -0.4 is 4.74 Å². The van der Waals surface area contributed by atoms with Crippen molar-refractivity contribution in [1.82, 2.24) is 4.31 Å². The monoisotopic (exact) mass is 423 g/mol. The van der Waals surface area contributed by atoms with Gasteiger partial charge in [-0.25, -0.2) is 8.42 Å². The van der Waals surface area contributed by atoms with E-state index in [1.54, 1.807) is 12.1 Å². The fourth-order valence-electron chi connectivity index (χ4n) is 3.95. The van der Waals surface area contributed by atoms with Crippen molar-refractivity contribution >= 4 is 26.8 Å². The van der Waals surface area contributed by atoms with Crippen LogP contribution in [0.15, 0.2) is 65.6 Å². The largest absolute Gasteiger partial charge is 0.426 e. The summed E-state index contributed by atoms with van der Waals surface area (Å²) < 4.78 is 33.3. The minimum Gasteiger partial charge on any atom is -0.426 e. The highest BCUT2D eigenvalue weighted by Gasteiger charge is 2.33. The molecule has 6 heteroatoms. The molecule has 156 valence electrons. The highest BCUT2D eigenvalue weighted by atomic mass is 32.2. The van der Waals surface area contributed by atoms with Crippen LogP contribution in [0.25, 0.3) is 10.8 Å². The first-order chi connectivity index (χ1) is 14.4. The quantitative estimate of drug-likeness (QED) is 0.459. The molecule has 1 aliphatic heterocycles. The van der Waals surface area contributed by atoms with E-state index in [0.717, 1.165) is 21.9 Å². The van der Waals surface area contributed by atoms with E-state index in [2.05, 4.69) is 0 Å². The van der Waals surface area contributed by atoms with Gasteiger partial charge in [0.2, 0.25) is 10.0 Å². The molecule has 0 aliphatic carbocycles. The Balaban J connectivity index is 1.45. The number of para-hydroxylation sites is 1. The van der Waals surface area contributed by atoms with Gasteiger partial charge in [-0.2, -0.15) is 4.31 Å². The maximum absolute atomic E-state index is 13.1. The third-order valence-corrected chi connectivity index (χ3v) is 7.65. The van der Waals surface area contributed by atoms with Crippen molar-refractivity contribution < 1.29 is 17.9 Å². The van der Waals surface area contributed by atoms with Crippen LogP contribution in [0.1, 0.15) is 24.0 Å². The second-order valence-corrected chi connectivity index (χ2v) is 9.77. The van der Waals surface area contributed by atoms with Crippen molar-refractivity contribution in [2.75, 3.05) is 13.1 Å². The van der Waals surface area contributed by atoms with E-state index in [9.17, 15) is 13.2 Å². The Bertz CT molecular complexity index is 1170. The summed E-state index contributed by atoms with van der Waals surface area (Å²) in [5.74, 6) is 0.0240. The number of ether oxygens (including phenoxy) is 1. The van der Waals surface area contributed by atoms with Gasteiger partial charge in [-0.15, -0.1) is 0 Å². The molecule has 3 aromatic rings. The molecule has 0 radical (unpaired) electrons. The van der Waals surface area contributed by atoms with Gasteiger partial charge in [-0.1, -0.05) is 48.5 Å². The van der Waals surface area contributed by atoms with E-state index in [4.69, 9.17) is 4.74 Å². The lowest BCUT2D eigenvalue weighted by Gasteiger charge is -2.30. The van der Waals surface area contributed by atoms with Crippen molar-refractivity contribution in [3.63, 3.8) is 0 Å². The maximum Gasteiger partial charge on any atom is 0.314 e. The third-order valence-electron chi connectivity index (χ3n) is 5.76. The van der Waals surface area contributed by atoms with Crippen molar-refractivity contribution in [3.05, 3.63) is 71.8 Å². The Hall–Kier alpha value is -2.70. The summed E-state index contributed by atoms with van der Waals surface area (Å²) in [5.41, 5.74) is 1.83. The molecule has 0 saturated carbocycles. The number of nitrogens with zero attached hydrogens (tertiary/aromatic N) is 1. The van der Waals surface area contributed by atoms with E-state index in [-0.39, 0.29) is 16.8 Å². The minimum absolute atomic E-state index is 0.282.